The highest BCUT2D eigenvalue weighted by atomic mass is 16.5. The van der Waals surface area contributed by atoms with E-state index in [1.807, 2.05) is 0 Å². The van der Waals surface area contributed by atoms with Crippen molar-refractivity contribution in [2.24, 2.45) is 14.1 Å². The monoisotopic (exact) mass is 342 g/mol. The summed E-state index contributed by atoms with van der Waals surface area (Å²) in [6, 6.07) is 6.94. The molecule has 1 aromatic carbocycles. The summed E-state index contributed by atoms with van der Waals surface area (Å²) in [6.45, 7) is 3.46. The minimum absolute atomic E-state index is 0.364. The molecule has 0 saturated carbocycles. The molecule has 8 heteroatoms. The van der Waals surface area contributed by atoms with Gasteiger partial charge in [-0.05, 0) is 17.7 Å². The van der Waals surface area contributed by atoms with E-state index in [1.165, 1.54) is 18.7 Å². The fraction of sp³-hybridized carbons (Fsp3) is 0.294. The van der Waals surface area contributed by atoms with Gasteiger partial charge < -0.3 is 14.5 Å². The van der Waals surface area contributed by atoms with E-state index in [2.05, 4.69) is 11.4 Å². The second kappa shape index (κ2) is 6.12. The summed E-state index contributed by atoms with van der Waals surface area (Å²) in [5, 5.41) is 0. The third-order valence-corrected chi connectivity index (χ3v) is 4.19. The van der Waals surface area contributed by atoms with Crippen LogP contribution in [0.2, 0.25) is 0 Å². The van der Waals surface area contributed by atoms with Gasteiger partial charge in [0.25, 0.3) is 5.56 Å². The molecular formula is C17H18N4O4. The number of aromatic nitrogens is 2. The van der Waals surface area contributed by atoms with Gasteiger partial charge in [0.05, 0.1) is 12.7 Å². The smallest absolute Gasteiger partial charge is 0.337 e. The predicted molar refractivity (Wildman–Crippen MR) is 92.5 cm³/mol. The van der Waals surface area contributed by atoms with Gasteiger partial charge in [-0.2, -0.15) is 0 Å². The number of nitrogens with zero attached hydrogens (tertiary/aromatic N) is 4. The molecule has 1 aliphatic heterocycles. The molecule has 25 heavy (non-hydrogen) atoms. The fourth-order valence-electron chi connectivity index (χ4n) is 2.85. The van der Waals surface area contributed by atoms with Crippen molar-refractivity contribution in [3.8, 4) is 0 Å². The summed E-state index contributed by atoms with van der Waals surface area (Å²) in [5.74, 6) is 0.0921. The van der Waals surface area contributed by atoms with E-state index < -0.39 is 11.7 Å². The van der Waals surface area contributed by atoms with E-state index in [0.29, 0.717) is 23.6 Å². The van der Waals surface area contributed by atoms with Gasteiger partial charge in [-0.15, -0.1) is 0 Å². The lowest BCUT2D eigenvalue weighted by atomic mass is 10.1. The number of anilines is 2. The Labute approximate surface area is 144 Å². The molecule has 8 nitrogen and oxygen atoms in total. The molecule has 0 amide bonds. The van der Waals surface area contributed by atoms with Gasteiger partial charge in [0, 0.05) is 27.7 Å². The van der Waals surface area contributed by atoms with Crippen molar-refractivity contribution >= 4 is 17.5 Å². The molecular weight excluding hydrogens is 324 g/mol. The Bertz CT molecular complexity index is 943. The van der Waals surface area contributed by atoms with Crippen molar-refractivity contribution in [3.05, 3.63) is 62.9 Å². The lowest BCUT2D eigenvalue weighted by molar-refractivity contribution is 0.0600. The first-order valence-corrected chi connectivity index (χ1v) is 7.60. The molecule has 2 heterocycles. The highest BCUT2D eigenvalue weighted by molar-refractivity contribution is 5.89. The maximum absolute atomic E-state index is 12.4. The van der Waals surface area contributed by atoms with Crippen molar-refractivity contribution in [2.75, 3.05) is 24.0 Å². The molecule has 0 N–H and O–H groups in total. The van der Waals surface area contributed by atoms with E-state index in [1.54, 1.807) is 48.2 Å². The minimum Gasteiger partial charge on any atom is -0.465 e. The largest absolute Gasteiger partial charge is 0.465 e. The molecule has 2 radical (unpaired) electrons. The van der Waals surface area contributed by atoms with Crippen molar-refractivity contribution < 1.29 is 9.53 Å². The van der Waals surface area contributed by atoms with Crippen LogP contribution in [0.5, 0.6) is 0 Å². The van der Waals surface area contributed by atoms with E-state index in [-0.39, 0.29) is 5.56 Å². The quantitative estimate of drug-likeness (QED) is 0.748. The standard InChI is InChI=1S/C17H18N4O4/c1-18-10-21(9-11-5-7-12(8-6-11)16(23)25-4)14-13(18)15(22)20(3)17(24)19(14)2/h5-8H,9H2,1-4H3. The summed E-state index contributed by atoms with van der Waals surface area (Å²) < 4.78 is 7.18. The topological polar surface area (TPSA) is 76.8 Å². The second-order valence-electron chi connectivity index (χ2n) is 5.81. The molecule has 0 bridgehead atoms. The zero-order valence-electron chi connectivity index (χ0n) is 14.4. The Morgan fingerprint density at radius 1 is 1.08 bits per heavy atom. The van der Waals surface area contributed by atoms with Crippen LogP contribution in [0.1, 0.15) is 15.9 Å². The molecule has 0 saturated heterocycles. The maximum Gasteiger partial charge on any atom is 0.337 e. The van der Waals surface area contributed by atoms with Crippen LogP contribution in [-0.2, 0) is 25.4 Å². The van der Waals surface area contributed by atoms with Crippen LogP contribution < -0.4 is 21.0 Å². The molecule has 3 rings (SSSR count). The molecule has 1 aliphatic rings. The first-order valence-electron chi connectivity index (χ1n) is 7.60. The number of hydrogen-bond donors (Lipinski definition) is 0. The average molecular weight is 342 g/mol. The van der Waals surface area contributed by atoms with Gasteiger partial charge in [0.2, 0.25) is 6.67 Å². The van der Waals surface area contributed by atoms with E-state index in [0.717, 1.165) is 10.1 Å². The van der Waals surface area contributed by atoms with Crippen LogP contribution in [0.25, 0.3) is 0 Å². The molecule has 1 aromatic heterocycles. The second-order valence-corrected chi connectivity index (χ2v) is 5.81. The highest BCUT2D eigenvalue weighted by Gasteiger charge is 2.32. The first-order chi connectivity index (χ1) is 11.8. The number of esters is 1. The summed E-state index contributed by atoms with van der Waals surface area (Å²) in [7, 11) is 6.12. The van der Waals surface area contributed by atoms with Crippen LogP contribution in [0.15, 0.2) is 33.9 Å². The van der Waals surface area contributed by atoms with Crippen molar-refractivity contribution in [1.29, 1.82) is 0 Å². The number of ether oxygens (including phenoxy) is 1. The average Bonchev–Trinajstić information content (AvgIpc) is 2.94. The predicted octanol–water partition coefficient (Wildman–Crippen LogP) is 0.323. The number of hydrogen-bond acceptors (Lipinski definition) is 6. The van der Waals surface area contributed by atoms with E-state index >= 15 is 0 Å². The Morgan fingerprint density at radius 2 is 1.72 bits per heavy atom. The number of carbonyl (C=O) groups is 1. The highest BCUT2D eigenvalue weighted by Crippen LogP contribution is 2.33. The van der Waals surface area contributed by atoms with Crippen molar-refractivity contribution in [2.45, 2.75) is 6.54 Å². The third-order valence-electron chi connectivity index (χ3n) is 4.19. The summed E-state index contributed by atoms with van der Waals surface area (Å²) in [5.41, 5.74) is 0.994. The Hall–Kier alpha value is -3.03. The van der Waals surface area contributed by atoms with Crippen molar-refractivity contribution in [3.63, 3.8) is 0 Å². The lowest BCUT2D eigenvalue weighted by Crippen LogP contribution is -2.39. The van der Waals surface area contributed by atoms with Crippen LogP contribution in [0.3, 0.4) is 0 Å². The van der Waals surface area contributed by atoms with Crippen LogP contribution >= 0.6 is 0 Å². The van der Waals surface area contributed by atoms with Gasteiger partial charge in [0.15, 0.2) is 0 Å². The van der Waals surface area contributed by atoms with Gasteiger partial charge in [-0.25, -0.2) is 9.59 Å². The molecule has 0 atom stereocenters. The SMILES string of the molecule is COC(=O)c1ccc(CN2[C]N(C)c3c2n(C)c(=O)n(C)c3=O)cc1. The number of fused-ring (bicyclic) bond motifs is 1. The Kier molecular flexibility index (Phi) is 4.12. The molecule has 2 aromatic rings. The van der Waals surface area contributed by atoms with Crippen LogP contribution in [-0.4, -0.2) is 29.3 Å². The Balaban J connectivity index is 1.96. The van der Waals surface area contributed by atoms with Gasteiger partial charge in [-0.1, -0.05) is 12.1 Å². The van der Waals surface area contributed by atoms with E-state index in [9.17, 15) is 14.4 Å². The number of methoxy groups -OCH3 is 1. The fourth-order valence-corrected chi connectivity index (χ4v) is 2.85. The van der Waals surface area contributed by atoms with Gasteiger partial charge in [-0.3, -0.25) is 13.9 Å². The number of rotatable bonds is 3. The number of carbonyl (C=O) groups excluding carboxylic acids is 1. The van der Waals surface area contributed by atoms with Crippen LogP contribution in [0, 0.1) is 6.67 Å². The normalized spacial score (nSPS) is 13.1. The minimum atomic E-state index is -0.401. The third kappa shape index (κ3) is 2.69. The summed E-state index contributed by atoms with van der Waals surface area (Å²) in [4.78, 5) is 39.4. The van der Waals surface area contributed by atoms with Crippen molar-refractivity contribution in [1.82, 2.24) is 9.13 Å². The lowest BCUT2D eigenvalue weighted by Gasteiger charge is -2.19. The zero-order chi connectivity index (χ0) is 18.3. The summed E-state index contributed by atoms with van der Waals surface area (Å²) in [6.07, 6.45) is 0. The van der Waals surface area contributed by atoms with Gasteiger partial charge >= 0.3 is 11.7 Å². The molecule has 130 valence electrons. The van der Waals surface area contributed by atoms with Gasteiger partial charge in [0.1, 0.15) is 11.5 Å². The number of benzene rings is 1. The van der Waals surface area contributed by atoms with E-state index in [4.69, 9.17) is 0 Å². The molecule has 0 spiro atoms. The summed E-state index contributed by atoms with van der Waals surface area (Å²) >= 11 is 0. The Morgan fingerprint density at radius 3 is 2.32 bits per heavy atom. The van der Waals surface area contributed by atoms with Crippen LogP contribution in [0.4, 0.5) is 11.5 Å². The first kappa shape index (κ1) is 16.8. The molecule has 0 aliphatic carbocycles. The molecule has 0 fully saturated rings. The zero-order valence-corrected chi connectivity index (χ0v) is 14.4. The molecule has 0 unspecified atom stereocenters. The maximum atomic E-state index is 12.4.